The number of carbonyl (C=O) groups excluding carboxylic acids is 4. The standard InChI is InChI=1S/C54H92O24/c1-11-12-18-21-33-22-19-16-14-13-15-17-20-23-35(57)73-46-43(76-51-41(63)40(62)42(31(9)69-51)74-50(66)27(5)29(7)56)32(10)70-54(47(46)75-48(64)25(2)3)78-45-39(61)37(59)34(24-67-49(65)26(4)28(6)55)72-53(45)77-44-38(60)36(58)30(8)68-52(44)71-33/h25-34,36-47,51-56,58-63H,11-24H2,1-10H3/t26-,27-,28+,29+,30-,31-,32+,33+,34-,36-,37-,38+,39+,40-,41-,42-,43+,44-,45-,46-,47-,51+,52+,53+,54+/m1/s1. The number of rotatable bonds is 15. The lowest BCUT2D eigenvalue weighted by molar-refractivity contribution is -0.399. The van der Waals surface area contributed by atoms with Gasteiger partial charge in [0, 0.05) is 6.42 Å². The molecule has 452 valence electrons. The van der Waals surface area contributed by atoms with Gasteiger partial charge in [0.25, 0.3) is 0 Å². The van der Waals surface area contributed by atoms with Gasteiger partial charge in [0.1, 0.15) is 67.6 Å². The van der Waals surface area contributed by atoms with Gasteiger partial charge in [-0.25, -0.2) is 0 Å². The fourth-order valence-electron chi connectivity index (χ4n) is 9.86. The van der Waals surface area contributed by atoms with Crippen LogP contribution in [0.15, 0.2) is 0 Å². The Morgan fingerprint density at radius 1 is 0.551 bits per heavy atom. The summed E-state index contributed by atoms with van der Waals surface area (Å²) < 4.78 is 74.1. The van der Waals surface area contributed by atoms with Crippen molar-refractivity contribution in [3.63, 3.8) is 0 Å². The second-order valence-corrected chi connectivity index (χ2v) is 22.3. The third kappa shape index (κ3) is 17.6. The molecule has 2 bridgehead atoms. The molecular weight excluding hydrogens is 1030 g/mol. The second kappa shape index (κ2) is 31.1. The van der Waals surface area contributed by atoms with Crippen LogP contribution in [0.3, 0.4) is 0 Å². The van der Waals surface area contributed by atoms with Gasteiger partial charge in [0.05, 0.1) is 54.4 Å². The number of ether oxygens (including phenoxy) is 12. The van der Waals surface area contributed by atoms with Crippen LogP contribution in [0.2, 0.25) is 0 Å². The van der Waals surface area contributed by atoms with E-state index in [1.807, 2.05) is 0 Å². The first kappa shape index (κ1) is 66.0. The Balaban J connectivity index is 1.57. The zero-order valence-corrected chi connectivity index (χ0v) is 47.0. The molecule has 78 heavy (non-hydrogen) atoms. The van der Waals surface area contributed by atoms with Crippen LogP contribution in [0.1, 0.15) is 153 Å². The fourth-order valence-corrected chi connectivity index (χ4v) is 9.86. The number of fused-ring (bicyclic) bond motifs is 4. The molecule has 5 aliphatic rings. The van der Waals surface area contributed by atoms with E-state index >= 15 is 0 Å². The Bertz CT molecular complexity index is 1840. The molecule has 5 rings (SSSR count). The number of hydrogen-bond donors (Lipinski definition) is 8. The van der Waals surface area contributed by atoms with Crippen molar-refractivity contribution in [3.8, 4) is 0 Å². The smallest absolute Gasteiger partial charge is 0.311 e. The molecule has 5 fully saturated rings. The topological polar surface area (TPSA) is 341 Å². The van der Waals surface area contributed by atoms with Gasteiger partial charge < -0.3 is 97.7 Å². The normalized spacial score (nSPS) is 40.5. The first-order valence-electron chi connectivity index (χ1n) is 28.3. The highest BCUT2D eigenvalue weighted by Gasteiger charge is 2.58. The van der Waals surface area contributed by atoms with E-state index in [1.165, 1.54) is 55.4 Å². The molecule has 0 unspecified atom stereocenters. The Morgan fingerprint density at radius 3 is 1.73 bits per heavy atom. The van der Waals surface area contributed by atoms with Crippen molar-refractivity contribution in [2.45, 2.75) is 294 Å². The maximum Gasteiger partial charge on any atom is 0.311 e. The summed E-state index contributed by atoms with van der Waals surface area (Å²) >= 11 is 0. The summed E-state index contributed by atoms with van der Waals surface area (Å²) in [5.41, 5.74) is 0. The van der Waals surface area contributed by atoms with Crippen molar-refractivity contribution in [1.82, 2.24) is 0 Å². The molecule has 0 aromatic carbocycles. The molecule has 5 heterocycles. The van der Waals surface area contributed by atoms with Gasteiger partial charge in [-0.15, -0.1) is 0 Å². The first-order valence-corrected chi connectivity index (χ1v) is 28.3. The lowest BCUT2D eigenvalue weighted by Crippen LogP contribution is -2.68. The van der Waals surface area contributed by atoms with Crippen molar-refractivity contribution in [1.29, 1.82) is 0 Å². The van der Waals surface area contributed by atoms with E-state index in [2.05, 4.69) is 6.92 Å². The van der Waals surface area contributed by atoms with E-state index in [0.717, 1.165) is 51.4 Å². The number of carbonyl (C=O) groups is 4. The van der Waals surface area contributed by atoms with Crippen LogP contribution >= 0.6 is 0 Å². The number of hydrogen-bond acceptors (Lipinski definition) is 24. The van der Waals surface area contributed by atoms with Crippen molar-refractivity contribution < 1.29 is 117 Å². The van der Waals surface area contributed by atoms with Crippen molar-refractivity contribution >= 4 is 23.9 Å². The third-order valence-electron chi connectivity index (χ3n) is 15.5. The maximum atomic E-state index is 14.0. The highest BCUT2D eigenvalue weighted by molar-refractivity contribution is 5.73. The van der Waals surface area contributed by atoms with Gasteiger partial charge in [0.15, 0.2) is 43.5 Å². The van der Waals surface area contributed by atoms with Gasteiger partial charge in [-0.1, -0.05) is 78.6 Å². The van der Waals surface area contributed by atoms with Crippen LogP contribution in [-0.4, -0.2) is 212 Å². The van der Waals surface area contributed by atoms with Crippen LogP contribution in [0, 0.1) is 17.8 Å². The Labute approximate surface area is 457 Å². The van der Waals surface area contributed by atoms with E-state index in [-0.39, 0.29) is 12.5 Å². The van der Waals surface area contributed by atoms with E-state index in [1.54, 1.807) is 6.92 Å². The number of aliphatic hydroxyl groups excluding tert-OH is 8. The molecule has 25 atom stereocenters. The largest absolute Gasteiger partial charge is 0.463 e. The molecule has 24 heteroatoms. The number of aliphatic hydroxyl groups is 8. The molecule has 0 radical (unpaired) electrons. The summed E-state index contributed by atoms with van der Waals surface area (Å²) in [6, 6.07) is 0. The Hall–Kier alpha value is -2.76. The molecule has 5 saturated heterocycles. The minimum absolute atomic E-state index is 0.0848. The Kier molecular flexibility index (Phi) is 26.3. The average molecular weight is 1130 g/mol. The molecular formula is C54H92O24. The third-order valence-corrected chi connectivity index (χ3v) is 15.5. The van der Waals surface area contributed by atoms with Gasteiger partial charge in [-0.2, -0.15) is 0 Å². The summed E-state index contributed by atoms with van der Waals surface area (Å²) in [5.74, 6) is -6.11. The van der Waals surface area contributed by atoms with E-state index in [4.69, 9.17) is 56.8 Å². The van der Waals surface area contributed by atoms with Gasteiger partial charge in [-0.05, 0) is 67.7 Å². The molecule has 24 nitrogen and oxygen atoms in total. The number of esters is 4. The van der Waals surface area contributed by atoms with E-state index in [0.29, 0.717) is 25.7 Å². The lowest BCUT2D eigenvalue weighted by Gasteiger charge is -2.50. The minimum Gasteiger partial charge on any atom is -0.463 e. The summed E-state index contributed by atoms with van der Waals surface area (Å²) in [6.07, 6.45) is -25.7. The maximum absolute atomic E-state index is 14.0. The average Bonchev–Trinajstić information content (AvgIpc) is 3.38. The summed E-state index contributed by atoms with van der Waals surface area (Å²) in [5, 5.41) is 89.9. The lowest BCUT2D eigenvalue weighted by atomic mass is 9.95. The monoisotopic (exact) mass is 1120 g/mol. The molecule has 8 N–H and O–H groups in total. The van der Waals surface area contributed by atoms with Crippen molar-refractivity contribution in [2.75, 3.05) is 6.61 Å². The molecule has 0 saturated carbocycles. The first-order chi connectivity index (χ1) is 36.9. The van der Waals surface area contributed by atoms with Crippen molar-refractivity contribution in [2.24, 2.45) is 17.8 Å². The SMILES string of the molecule is CCCCC[C@H]1CCCCCCCCCC(=O)O[C@@H]2[C@@H](O[C@@H]3O[C@H](C)[C@@H](OC(=O)[C@H](C)[C@H](C)O)[C@H](O)[C@H]3O)[C@H](C)O[C@@H](O[C@H]3[C@H](O[C@H]4[C@H](O1)O[C@H](C)[C@@H](O)[C@@H]4O)O[C@H](COC(=O)[C@H](C)[C@H](C)O)[C@@H](O)[C@@H]3O)[C@@H]2OC(=O)C(C)C. The van der Waals surface area contributed by atoms with Crippen LogP contribution in [0.4, 0.5) is 0 Å². The highest BCUT2D eigenvalue weighted by Crippen LogP contribution is 2.38. The molecule has 0 aromatic heterocycles. The zero-order valence-electron chi connectivity index (χ0n) is 47.0. The molecule has 0 spiro atoms. The molecule has 0 aromatic rings. The van der Waals surface area contributed by atoms with Crippen LogP contribution in [-0.2, 0) is 76.0 Å². The van der Waals surface area contributed by atoms with Gasteiger partial charge in [-0.3, -0.25) is 19.2 Å². The fraction of sp³-hybridized carbons (Fsp3) is 0.926. The number of unbranched alkanes of at least 4 members (excludes halogenated alkanes) is 2. The van der Waals surface area contributed by atoms with Crippen LogP contribution in [0.5, 0.6) is 0 Å². The minimum atomic E-state index is -2.03. The summed E-state index contributed by atoms with van der Waals surface area (Å²) in [4.78, 5) is 53.6. The summed E-state index contributed by atoms with van der Waals surface area (Å²) in [7, 11) is 0. The summed E-state index contributed by atoms with van der Waals surface area (Å²) in [6.45, 7) is 14.6. The van der Waals surface area contributed by atoms with E-state index in [9.17, 15) is 60.0 Å². The second-order valence-electron chi connectivity index (χ2n) is 22.3. The van der Waals surface area contributed by atoms with Crippen LogP contribution < -0.4 is 0 Å². The zero-order chi connectivity index (χ0) is 57.7. The quantitative estimate of drug-likeness (QED) is 0.0657. The van der Waals surface area contributed by atoms with Crippen LogP contribution in [0.25, 0.3) is 0 Å². The van der Waals surface area contributed by atoms with Gasteiger partial charge >= 0.3 is 23.9 Å². The van der Waals surface area contributed by atoms with Gasteiger partial charge in [0.2, 0.25) is 0 Å². The highest BCUT2D eigenvalue weighted by atomic mass is 16.8. The Morgan fingerprint density at radius 2 is 1.10 bits per heavy atom. The predicted molar refractivity (Wildman–Crippen MR) is 270 cm³/mol. The molecule has 5 aliphatic heterocycles. The van der Waals surface area contributed by atoms with E-state index < -0.39 is 183 Å². The van der Waals surface area contributed by atoms with Crippen molar-refractivity contribution in [3.05, 3.63) is 0 Å². The molecule has 0 amide bonds. The predicted octanol–water partition coefficient (Wildman–Crippen LogP) is 1.73. The molecule has 0 aliphatic carbocycles.